The first-order valence-corrected chi connectivity index (χ1v) is 6.83. The summed E-state index contributed by atoms with van der Waals surface area (Å²) < 4.78 is 0.419. The largest absolute Gasteiger partial charge is 0.355 e. The van der Waals surface area contributed by atoms with Gasteiger partial charge in [0, 0.05) is 5.41 Å². The number of rotatable bonds is 1. The lowest BCUT2D eigenvalue weighted by Gasteiger charge is -2.51. The van der Waals surface area contributed by atoms with Gasteiger partial charge in [-0.1, -0.05) is 27.7 Å². The summed E-state index contributed by atoms with van der Waals surface area (Å²) in [7, 11) is 0. The molecule has 2 N–H and O–H groups in total. The molecular weight excluding hydrogens is 308 g/mol. The van der Waals surface area contributed by atoms with Gasteiger partial charge in [-0.3, -0.25) is 4.79 Å². The summed E-state index contributed by atoms with van der Waals surface area (Å²) in [6.45, 7) is 7.63. The second-order valence-corrected chi connectivity index (χ2v) is 6.62. The Labute approximate surface area is 120 Å². The molecule has 1 saturated heterocycles. The molecule has 2 aliphatic rings. The van der Waals surface area contributed by atoms with Gasteiger partial charge in [0.2, 0.25) is 5.91 Å². The minimum Gasteiger partial charge on any atom is -0.355 e. The Morgan fingerprint density at radius 1 is 1.26 bits per heavy atom. The van der Waals surface area contributed by atoms with Gasteiger partial charge in [-0.25, -0.2) is 0 Å². The topological polar surface area (TPSA) is 88.7 Å². The first kappa shape index (κ1) is 13.9. The quantitative estimate of drug-likeness (QED) is 0.719. The molecule has 0 aliphatic carbocycles. The van der Waals surface area contributed by atoms with Crippen molar-refractivity contribution < 1.29 is 4.79 Å². The Bertz CT molecular complexity index is 580. The van der Waals surface area contributed by atoms with Gasteiger partial charge >= 0.3 is 0 Å². The molecule has 0 aromatic heterocycles. The summed E-state index contributed by atoms with van der Waals surface area (Å²) in [5.41, 5.74) is -2.82. The van der Waals surface area contributed by atoms with E-state index in [0.29, 0.717) is 4.61 Å². The SMILES string of the molecule is CC(C)[C@@]12NC(=O)[C@](C#N)(C(C#N)=C(Br)N1)C2(C)C. The van der Waals surface area contributed by atoms with Gasteiger partial charge < -0.3 is 10.6 Å². The minimum absolute atomic E-state index is 0.0504. The van der Waals surface area contributed by atoms with Crippen molar-refractivity contribution in [2.24, 2.45) is 16.7 Å². The van der Waals surface area contributed by atoms with Gasteiger partial charge in [0.25, 0.3) is 0 Å². The third kappa shape index (κ3) is 1.21. The number of nitrogens with one attached hydrogen (secondary N) is 2. The first-order chi connectivity index (χ1) is 8.71. The fourth-order valence-electron chi connectivity index (χ4n) is 3.41. The van der Waals surface area contributed by atoms with Crippen molar-refractivity contribution in [3.63, 3.8) is 0 Å². The molecule has 0 aromatic rings. The number of nitrogens with zero attached hydrogens (tertiary/aromatic N) is 2. The van der Waals surface area contributed by atoms with Gasteiger partial charge in [-0.15, -0.1) is 0 Å². The Kier molecular flexibility index (Phi) is 2.73. The summed E-state index contributed by atoms with van der Waals surface area (Å²) in [6.07, 6.45) is 0. The molecule has 5 nitrogen and oxygen atoms in total. The van der Waals surface area contributed by atoms with Crippen LogP contribution in [0.4, 0.5) is 0 Å². The molecule has 0 radical (unpaired) electrons. The normalized spacial score (nSPS) is 35.5. The van der Waals surface area contributed by atoms with Crippen LogP contribution in [0.3, 0.4) is 0 Å². The predicted octanol–water partition coefficient (Wildman–Crippen LogP) is 1.74. The molecule has 6 heteroatoms. The molecule has 2 rings (SSSR count). The van der Waals surface area contributed by atoms with Crippen LogP contribution in [0.1, 0.15) is 27.7 Å². The number of nitriles is 2. The van der Waals surface area contributed by atoms with E-state index in [4.69, 9.17) is 0 Å². The number of hydrogen-bond donors (Lipinski definition) is 2. The highest BCUT2D eigenvalue weighted by molar-refractivity contribution is 9.11. The summed E-state index contributed by atoms with van der Waals surface area (Å²) in [6, 6.07) is 4.10. The third-order valence-electron chi connectivity index (χ3n) is 4.62. The zero-order valence-electron chi connectivity index (χ0n) is 11.3. The van der Waals surface area contributed by atoms with Gasteiger partial charge in [0.1, 0.15) is 5.66 Å². The highest BCUT2D eigenvalue weighted by atomic mass is 79.9. The van der Waals surface area contributed by atoms with Crippen LogP contribution in [-0.4, -0.2) is 11.6 Å². The maximum Gasteiger partial charge on any atom is 0.248 e. The second kappa shape index (κ2) is 3.74. The molecule has 0 saturated carbocycles. The van der Waals surface area contributed by atoms with Gasteiger partial charge in [-0.05, 0) is 21.8 Å². The van der Waals surface area contributed by atoms with Gasteiger partial charge in [-0.2, -0.15) is 10.5 Å². The van der Waals surface area contributed by atoms with Crippen molar-refractivity contribution in [2.45, 2.75) is 33.4 Å². The van der Waals surface area contributed by atoms with Crippen LogP contribution in [0.2, 0.25) is 0 Å². The number of halogens is 1. The van der Waals surface area contributed by atoms with E-state index < -0.39 is 22.4 Å². The van der Waals surface area contributed by atoms with Crippen LogP contribution < -0.4 is 10.6 Å². The molecule has 0 aromatic carbocycles. The number of amides is 1. The molecule has 0 unspecified atom stereocenters. The summed E-state index contributed by atoms with van der Waals surface area (Å²) in [4.78, 5) is 12.5. The summed E-state index contributed by atoms with van der Waals surface area (Å²) >= 11 is 3.30. The maximum atomic E-state index is 12.5. The van der Waals surface area contributed by atoms with Crippen molar-refractivity contribution in [3.05, 3.63) is 10.2 Å². The highest BCUT2D eigenvalue weighted by Crippen LogP contribution is 2.60. The Morgan fingerprint density at radius 2 is 1.84 bits per heavy atom. The van der Waals surface area contributed by atoms with E-state index in [1.165, 1.54) is 0 Å². The monoisotopic (exact) mass is 322 g/mol. The molecule has 2 heterocycles. The summed E-state index contributed by atoms with van der Waals surface area (Å²) in [5.74, 6) is -0.360. The molecule has 1 amide bonds. The number of hydrogen-bond acceptors (Lipinski definition) is 4. The zero-order valence-corrected chi connectivity index (χ0v) is 12.8. The van der Waals surface area contributed by atoms with E-state index in [1.54, 1.807) is 0 Å². The van der Waals surface area contributed by atoms with E-state index in [-0.39, 0.29) is 11.5 Å². The van der Waals surface area contributed by atoms with Crippen molar-refractivity contribution >= 4 is 21.8 Å². The van der Waals surface area contributed by atoms with Crippen LogP contribution in [0.5, 0.6) is 0 Å². The van der Waals surface area contributed by atoms with Crippen LogP contribution in [-0.2, 0) is 4.79 Å². The highest BCUT2D eigenvalue weighted by Gasteiger charge is 2.74. The smallest absolute Gasteiger partial charge is 0.248 e. The Morgan fingerprint density at radius 3 is 2.26 bits per heavy atom. The average molecular weight is 323 g/mol. The van der Waals surface area contributed by atoms with Crippen LogP contribution in [0, 0.1) is 39.4 Å². The lowest BCUT2D eigenvalue weighted by atomic mass is 9.56. The minimum atomic E-state index is -1.46. The molecule has 2 bridgehead atoms. The zero-order chi connectivity index (χ0) is 14.6. The number of carbonyl (C=O) groups excluding carboxylic acids is 1. The lowest BCUT2D eigenvalue weighted by Crippen LogP contribution is -2.67. The maximum absolute atomic E-state index is 12.5. The Hall–Kier alpha value is -1.53. The average Bonchev–Trinajstić information content (AvgIpc) is 2.43. The van der Waals surface area contributed by atoms with E-state index in [0.717, 1.165) is 0 Å². The fraction of sp³-hybridized carbons (Fsp3) is 0.615. The van der Waals surface area contributed by atoms with Crippen molar-refractivity contribution in [3.8, 4) is 12.1 Å². The van der Waals surface area contributed by atoms with Crippen molar-refractivity contribution in [1.82, 2.24) is 10.6 Å². The molecule has 19 heavy (non-hydrogen) atoms. The third-order valence-corrected chi connectivity index (χ3v) is 5.22. The fourth-order valence-corrected chi connectivity index (χ4v) is 4.11. The van der Waals surface area contributed by atoms with E-state index >= 15 is 0 Å². The van der Waals surface area contributed by atoms with E-state index in [2.05, 4.69) is 32.6 Å². The molecule has 100 valence electrons. The van der Waals surface area contributed by atoms with Gasteiger partial charge in [0.15, 0.2) is 5.41 Å². The summed E-state index contributed by atoms with van der Waals surface area (Å²) in [5, 5.41) is 25.1. The molecular formula is C13H15BrN4O. The van der Waals surface area contributed by atoms with Crippen molar-refractivity contribution in [2.75, 3.05) is 0 Å². The van der Waals surface area contributed by atoms with E-state index in [1.807, 2.05) is 33.8 Å². The molecule has 0 spiro atoms. The predicted molar refractivity (Wildman–Crippen MR) is 72.2 cm³/mol. The molecule has 2 aliphatic heterocycles. The van der Waals surface area contributed by atoms with Crippen LogP contribution in [0.15, 0.2) is 10.2 Å². The standard InChI is InChI=1S/C13H15BrN4O/c1-7(2)13-11(3,4)12(6-16,10(19)18-13)8(5-15)9(14)17-13/h7,17H,1-4H3,(H,18,19)/t12-,13-/m0/s1. The number of carbonyl (C=O) groups is 1. The number of fused-ring (bicyclic) bond motifs is 2. The van der Waals surface area contributed by atoms with E-state index in [9.17, 15) is 15.3 Å². The van der Waals surface area contributed by atoms with Crippen LogP contribution in [0.25, 0.3) is 0 Å². The van der Waals surface area contributed by atoms with Crippen molar-refractivity contribution in [1.29, 1.82) is 10.5 Å². The lowest BCUT2D eigenvalue weighted by molar-refractivity contribution is -0.125. The molecule has 1 fully saturated rings. The first-order valence-electron chi connectivity index (χ1n) is 6.03. The molecule has 2 atom stereocenters. The Balaban J connectivity index is 2.88. The van der Waals surface area contributed by atoms with Crippen LogP contribution >= 0.6 is 15.9 Å². The second-order valence-electron chi connectivity index (χ2n) is 5.83. The van der Waals surface area contributed by atoms with Gasteiger partial charge in [0.05, 0.1) is 22.3 Å².